The van der Waals surface area contributed by atoms with Gasteiger partial charge in [-0.15, -0.1) is 0 Å². The molecule has 0 saturated heterocycles. The quantitative estimate of drug-likeness (QED) is 0.906. The number of carbonyl (C=O) groups is 1. The summed E-state index contributed by atoms with van der Waals surface area (Å²) in [6, 6.07) is 7.96. The lowest BCUT2D eigenvalue weighted by Gasteiger charge is -2.28. The first kappa shape index (κ1) is 15.7. The number of hydrogen-bond acceptors (Lipinski definition) is 2. The second-order valence-electron chi connectivity index (χ2n) is 6.43. The van der Waals surface area contributed by atoms with E-state index < -0.39 is 0 Å². The van der Waals surface area contributed by atoms with E-state index in [0.29, 0.717) is 6.54 Å². The summed E-state index contributed by atoms with van der Waals surface area (Å²) in [5.41, 5.74) is 7.96. The largest absolute Gasteiger partial charge is 0.330 e. The minimum Gasteiger partial charge on any atom is -0.330 e. The lowest BCUT2D eigenvalue weighted by Crippen LogP contribution is -2.38. The Morgan fingerprint density at radius 1 is 1.37 bits per heavy atom. The maximum atomic E-state index is 12.5. The topological polar surface area (TPSA) is 46.3 Å². The summed E-state index contributed by atoms with van der Waals surface area (Å²) in [6.07, 6.45) is 0.804. The number of hydrogen-bond donors (Lipinski definition) is 1. The SMILES string of the molecule is Cc1cccc(N(C)C(=O)C(CN)CC(C)(C)C)c1. The molecule has 1 aromatic carbocycles. The average Bonchev–Trinajstić information content (AvgIpc) is 2.33. The van der Waals surface area contributed by atoms with Gasteiger partial charge in [0, 0.05) is 19.3 Å². The Hall–Kier alpha value is -1.35. The van der Waals surface area contributed by atoms with Crippen LogP contribution in [0, 0.1) is 18.3 Å². The number of anilines is 1. The van der Waals surface area contributed by atoms with Gasteiger partial charge in [0.05, 0.1) is 5.92 Å². The molecular formula is C16H26N2O. The summed E-state index contributed by atoms with van der Waals surface area (Å²) in [5.74, 6) is -0.0199. The minimum atomic E-state index is -0.120. The van der Waals surface area contributed by atoms with Gasteiger partial charge in [0.1, 0.15) is 0 Å². The lowest BCUT2D eigenvalue weighted by molar-refractivity contribution is -0.122. The van der Waals surface area contributed by atoms with Crippen molar-refractivity contribution >= 4 is 11.6 Å². The molecule has 1 rings (SSSR count). The average molecular weight is 262 g/mol. The van der Waals surface area contributed by atoms with Gasteiger partial charge in [0.25, 0.3) is 0 Å². The standard InChI is InChI=1S/C16H26N2O/c1-12-7-6-8-14(9-12)18(5)15(19)13(11-17)10-16(2,3)4/h6-9,13H,10-11,17H2,1-5H3. The van der Waals surface area contributed by atoms with Crippen molar-refractivity contribution in [3.8, 4) is 0 Å². The van der Waals surface area contributed by atoms with Crippen molar-refractivity contribution in [2.75, 3.05) is 18.5 Å². The third kappa shape index (κ3) is 4.67. The van der Waals surface area contributed by atoms with Gasteiger partial charge >= 0.3 is 0 Å². The number of benzene rings is 1. The Bertz CT molecular complexity index is 435. The molecule has 1 aromatic rings. The molecule has 106 valence electrons. The zero-order valence-corrected chi connectivity index (χ0v) is 12.7. The van der Waals surface area contributed by atoms with Crippen molar-refractivity contribution < 1.29 is 4.79 Å². The minimum absolute atomic E-state index is 0.100. The van der Waals surface area contributed by atoms with Gasteiger partial charge in [-0.1, -0.05) is 32.9 Å². The maximum Gasteiger partial charge on any atom is 0.231 e. The summed E-state index contributed by atoms with van der Waals surface area (Å²) in [6.45, 7) is 8.82. The molecule has 0 spiro atoms. The maximum absolute atomic E-state index is 12.5. The Labute approximate surface area is 116 Å². The van der Waals surface area contributed by atoms with Crippen LogP contribution in [0.25, 0.3) is 0 Å². The van der Waals surface area contributed by atoms with E-state index in [1.165, 1.54) is 0 Å². The second-order valence-corrected chi connectivity index (χ2v) is 6.43. The lowest BCUT2D eigenvalue weighted by atomic mass is 9.84. The molecule has 3 heteroatoms. The molecule has 0 fully saturated rings. The van der Waals surface area contributed by atoms with Crippen LogP contribution >= 0.6 is 0 Å². The molecule has 0 aromatic heterocycles. The van der Waals surface area contributed by atoms with Crippen LogP contribution < -0.4 is 10.6 Å². The van der Waals surface area contributed by atoms with Crippen LogP contribution in [0.4, 0.5) is 5.69 Å². The molecule has 3 nitrogen and oxygen atoms in total. The zero-order chi connectivity index (χ0) is 14.6. The Kier molecular flexibility index (Phi) is 5.12. The van der Waals surface area contributed by atoms with E-state index >= 15 is 0 Å². The molecule has 0 bridgehead atoms. The molecule has 0 radical (unpaired) electrons. The highest BCUT2D eigenvalue weighted by molar-refractivity contribution is 5.94. The highest BCUT2D eigenvalue weighted by Crippen LogP contribution is 2.26. The molecular weight excluding hydrogens is 236 g/mol. The predicted octanol–water partition coefficient (Wildman–Crippen LogP) is 2.97. The Morgan fingerprint density at radius 3 is 2.47 bits per heavy atom. The molecule has 1 unspecified atom stereocenters. The third-order valence-corrected chi connectivity index (χ3v) is 3.21. The number of amides is 1. The molecule has 0 saturated carbocycles. The van der Waals surface area contributed by atoms with E-state index in [1.54, 1.807) is 4.90 Å². The Morgan fingerprint density at radius 2 is 2.00 bits per heavy atom. The number of rotatable bonds is 4. The monoisotopic (exact) mass is 262 g/mol. The summed E-state index contributed by atoms with van der Waals surface area (Å²) in [4.78, 5) is 14.2. The van der Waals surface area contributed by atoms with Gasteiger partial charge in [-0.25, -0.2) is 0 Å². The fraction of sp³-hybridized carbons (Fsp3) is 0.562. The van der Waals surface area contributed by atoms with E-state index in [0.717, 1.165) is 17.7 Å². The van der Waals surface area contributed by atoms with Crippen LogP contribution in [0.3, 0.4) is 0 Å². The number of aryl methyl sites for hydroxylation is 1. The molecule has 1 amide bonds. The molecule has 0 heterocycles. The van der Waals surface area contributed by atoms with E-state index in [2.05, 4.69) is 20.8 Å². The third-order valence-electron chi connectivity index (χ3n) is 3.21. The highest BCUT2D eigenvalue weighted by Gasteiger charge is 2.26. The van der Waals surface area contributed by atoms with Crippen LogP contribution in [-0.2, 0) is 4.79 Å². The molecule has 0 aliphatic rings. The fourth-order valence-electron chi connectivity index (χ4n) is 2.25. The van der Waals surface area contributed by atoms with Crippen molar-refractivity contribution in [2.45, 2.75) is 34.1 Å². The predicted molar refractivity (Wildman–Crippen MR) is 81.2 cm³/mol. The zero-order valence-electron chi connectivity index (χ0n) is 12.7. The van der Waals surface area contributed by atoms with Crippen LogP contribution in [0.15, 0.2) is 24.3 Å². The van der Waals surface area contributed by atoms with Gasteiger partial charge in [-0.05, 0) is 36.5 Å². The smallest absolute Gasteiger partial charge is 0.231 e. The first-order valence-electron chi connectivity index (χ1n) is 6.79. The van der Waals surface area contributed by atoms with Crippen molar-refractivity contribution in [3.05, 3.63) is 29.8 Å². The van der Waals surface area contributed by atoms with Crippen LogP contribution in [-0.4, -0.2) is 19.5 Å². The highest BCUT2D eigenvalue weighted by atomic mass is 16.2. The normalized spacial score (nSPS) is 13.2. The first-order valence-corrected chi connectivity index (χ1v) is 6.79. The second kappa shape index (κ2) is 6.20. The van der Waals surface area contributed by atoms with Gasteiger partial charge < -0.3 is 10.6 Å². The van der Waals surface area contributed by atoms with E-state index in [1.807, 2.05) is 38.2 Å². The Balaban J connectivity index is 2.85. The van der Waals surface area contributed by atoms with Gasteiger partial charge in [0.2, 0.25) is 5.91 Å². The van der Waals surface area contributed by atoms with Crippen LogP contribution in [0.2, 0.25) is 0 Å². The van der Waals surface area contributed by atoms with Gasteiger partial charge in [-0.3, -0.25) is 4.79 Å². The van der Waals surface area contributed by atoms with Crippen LogP contribution in [0.1, 0.15) is 32.8 Å². The number of nitrogens with two attached hydrogens (primary N) is 1. The van der Waals surface area contributed by atoms with Crippen LogP contribution in [0.5, 0.6) is 0 Å². The molecule has 0 aliphatic heterocycles. The summed E-state index contributed by atoms with van der Waals surface area (Å²) in [7, 11) is 1.82. The van der Waals surface area contributed by atoms with Crippen molar-refractivity contribution in [1.82, 2.24) is 0 Å². The molecule has 1 atom stereocenters. The molecule has 2 N–H and O–H groups in total. The van der Waals surface area contributed by atoms with Crippen molar-refractivity contribution in [1.29, 1.82) is 0 Å². The first-order chi connectivity index (χ1) is 8.74. The molecule has 19 heavy (non-hydrogen) atoms. The molecule has 0 aliphatic carbocycles. The van der Waals surface area contributed by atoms with E-state index in [-0.39, 0.29) is 17.2 Å². The summed E-state index contributed by atoms with van der Waals surface area (Å²) < 4.78 is 0. The van der Waals surface area contributed by atoms with Gasteiger partial charge in [-0.2, -0.15) is 0 Å². The summed E-state index contributed by atoms with van der Waals surface area (Å²) >= 11 is 0. The number of carbonyl (C=O) groups excluding carboxylic acids is 1. The summed E-state index contributed by atoms with van der Waals surface area (Å²) in [5, 5.41) is 0. The van der Waals surface area contributed by atoms with Crippen molar-refractivity contribution in [2.24, 2.45) is 17.1 Å². The fourth-order valence-corrected chi connectivity index (χ4v) is 2.25. The number of nitrogens with zero attached hydrogens (tertiary/aromatic N) is 1. The van der Waals surface area contributed by atoms with Gasteiger partial charge in [0.15, 0.2) is 0 Å². The van der Waals surface area contributed by atoms with E-state index in [9.17, 15) is 4.79 Å². The van der Waals surface area contributed by atoms with Crippen molar-refractivity contribution in [3.63, 3.8) is 0 Å². The van der Waals surface area contributed by atoms with E-state index in [4.69, 9.17) is 5.73 Å².